The third kappa shape index (κ3) is 4.81. The van der Waals surface area contributed by atoms with Crippen molar-refractivity contribution in [3.05, 3.63) is 50.9 Å². The third-order valence-electron chi connectivity index (χ3n) is 2.94. The van der Waals surface area contributed by atoms with Crippen LogP contribution in [0.5, 0.6) is 0 Å². The monoisotopic (exact) mass is 326 g/mol. The van der Waals surface area contributed by atoms with Crippen molar-refractivity contribution in [2.75, 3.05) is 18.9 Å². The lowest BCUT2D eigenvalue weighted by Gasteiger charge is -2.16. The van der Waals surface area contributed by atoms with Gasteiger partial charge in [-0.3, -0.25) is 9.69 Å². The molecule has 1 N–H and O–H groups in total. The summed E-state index contributed by atoms with van der Waals surface area (Å²) in [5, 5.41) is 2.73. The summed E-state index contributed by atoms with van der Waals surface area (Å²) >= 11 is 7.37. The second-order valence-corrected chi connectivity index (χ2v) is 6.69. The molecule has 3 nitrogen and oxygen atoms in total. The van der Waals surface area contributed by atoms with Crippen LogP contribution in [0.3, 0.4) is 0 Å². The number of carbonyl (C=O) groups excluding carboxylic acids is 1. The summed E-state index contributed by atoms with van der Waals surface area (Å²) in [6.45, 7) is 2.70. The van der Waals surface area contributed by atoms with E-state index >= 15 is 0 Å². The summed E-state index contributed by atoms with van der Waals surface area (Å²) in [6.07, 6.45) is 0. The van der Waals surface area contributed by atoms with Crippen LogP contribution in [0.15, 0.2) is 30.3 Å². The maximum atomic E-state index is 13.2. The number of hydrogen-bond donors (Lipinski definition) is 1. The zero-order valence-corrected chi connectivity index (χ0v) is 13.4. The molecule has 0 unspecified atom stereocenters. The van der Waals surface area contributed by atoms with Gasteiger partial charge in [-0.2, -0.15) is 0 Å². The predicted octanol–water partition coefficient (Wildman–Crippen LogP) is 3.92. The van der Waals surface area contributed by atoms with Crippen molar-refractivity contribution < 1.29 is 9.18 Å². The lowest BCUT2D eigenvalue weighted by molar-refractivity contribution is -0.117. The molecule has 0 atom stereocenters. The quantitative estimate of drug-likeness (QED) is 0.903. The van der Waals surface area contributed by atoms with E-state index in [-0.39, 0.29) is 18.3 Å². The second-order valence-electron chi connectivity index (χ2n) is 4.89. The lowest BCUT2D eigenvalue weighted by Crippen LogP contribution is -2.29. The van der Waals surface area contributed by atoms with E-state index in [4.69, 9.17) is 11.6 Å². The first kappa shape index (κ1) is 15.9. The molecule has 0 radical (unpaired) electrons. The van der Waals surface area contributed by atoms with Crippen LogP contribution in [0.4, 0.5) is 10.1 Å². The molecule has 1 heterocycles. The topological polar surface area (TPSA) is 32.3 Å². The van der Waals surface area contributed by atoms with Crippen molar-refractivity contribution in [3.63, 3.8) is 0 Å². The standard InChI is InChI=1S/C15H16ClFN2OS/c1-10-3-4-11(17)7-13(10)18-15(20)9-19(2)8-12-5-6-14(16)21-12/h3-7H,8-9H2,1-2H3,(H,18,20). The van der Waals surface area contributed by atoms with Crippen LogP contribution in [-0.2, 0) is 11.3 Å². The number of carbonyl (C=O) groups is 1. The molecule has 0 aliphatic carbocycles. The van der Waals surface area contributed by atoms with Gasteiger partial charge in [0.25, 0.3) is 0 Å². The summed E-state index contributed by atoms with van der Waals surface area (Å²) in [5.41, 5.74) is 1.34. The minimum absolute atomic E-state index is 0.172. The van der Waals surface area contributed by atoms with E-state index in [9.17, 15) is 9.18 Å². The number of amides is 1. The van der Waals surface area contributed by atoms with Gasteiger partial charge in [0.15, 0.2) is 0 Å². The highest BCUT2D eigenvalue weighted by atomic mass is 35.5. The van der Waals surface area contributed by atoms with Gasteiger partial charge in [-0.25, -0.2) is 4.39 Å². The van der Waals surface area contributed by atoms with Gasteiger partial charge < -0.3 is 5.32 Å². The Hall–Kier alpha value is -1.43. The summed E-state index contributed by atoms with van der Waals surface area (Å²) < 4.78 is 13.9. The van der Waals surface area contributed by atoms with E-state index in [0.29, 0.717) is 12.2 Å². The van der Waals surface area contributed by atoms with Gasteiger partial charge in [-0.1, -0.05) is 17.7 Å². The van der Waals surface area contributed by atoms with Crippen LogP contribution >= 0.6 is 22.9 Å². The van der Waals surface area contributed by atoms with Crippen LogP contribution in [0.2, 0.25) is 4.34 Å². The van der Waals surface area contributed by atoms with Crippen molar-refractivity contribution in [2.45, 2.75) is 13.5 Å². The van der Waals surface area contributed by atoms with Gasteiger partial charge in [0, 0.05) is 17.1 Å². The molecule has 6 heteroatoms. The fourth-order valence-corrected chi connectivity index (χ4v) is 3.09. The summed E-state index contributed by atoms with van der Waals surface area (Å²) in [5.74, 6) is -0.536. The van der Waals surface area contributed by atoms with Crippen molar-refractivity contribution in [3.8, 4) is 0 Å². The Morgan fingerprint density at radius 3 is 2.81 bits per heavy atom. The molecular weight excluding hydrogens is 311 g/mol. The van der Waals surface area contributed by atoms with Gasteiger partial charge in [0.05, 0.1) is 10.9 Å². The lowest BCUT2D eigenvalue weighted by atomic mass is 10.2. The van der Waals surface area contributed by atoms with Crippen LogP contribution in [-0.4, -0.2) is 24.4 Å². The first-order valence-corrected chi connectivity index (χ1v) is 7.62. The maximum Gasteiger partial charge on any atom is 0.238 e. The van der Waals surface area contributed by atoms with E-state index in [1.165, 1.54) is 23.5 Å². The Balaban J connectivity index is 1.90. The normalized spacial score (nSPS) is 10.9. The second kappa shape index (κ2) is 7.02. The van der Waals surface area contributed by atoms with Gasteiger partial charge in [0.2, 0.25) is 5.91 Å². The smallest absolute Gasteiger partial charge is 0.238 e. The van der Waals surface area contributed by atoms with Gasteiger partial charge in [-0.15, -0.1) is 11.3 Å². The zero-order chi connectivity index (χ0) is 15.4. The van der Waals surface area contributed by atoms with Crippen molar-refractivity contribution in [1.82, 2.24) is 4.90 Å². The number of rotatable bonds is 5. The fourth-order valence-electron chi connectivity index (χ4n) is 1.92. The molecule has 2 aromatic rings. The Morgan fingerprint density at radius 1 is 1.38 bits per heavy atom. The predicted molar refractivity (Wildman–Crippen MR) is 85.4 cm³/mol. The van der Waals surface area contributed by atoms with Crippen molar-refractivity contribution in [2.24, 2.45) is 0 Å². The number of halogens is 2. The largest absolute Gasteiger partial charge is 0.325 e. The SMILES string of the molecule is Cc1ccc(F)cc1NC(=O)CN(C)Cc1ccc(Cl)s1. The van der Waals surface area contributed by atoms with Crippen LogP contribution in [0, 0.1) is 12.7 Å². The van der Waals surface area contributed by atoms with Gasteiger partial charge in [-0.05, 0) is 43.8 Å². The number of anilines is 1. The van der Waals surface area contributed by atoms with Crippen molar-refractivity contribution in [1.29, 1.82) is 0 Å². The highest BCUT2D eigenvalue weighted by molar-refractivity contribution is 7.16. The number of hydrogen-bond acceptors (Lipinski definition) is 3. The zero-order valence-electron chi connectivity index (χ0n) is 11.8. The number of thiophene rings is 1. The third-order valence-corrected chi connectivity index (χ3v) is 4.16. The first-order valence-electron chi connectivity index (χ1n) is 6.43. The number of likely N-dealkylation sites (N-methyl/N-ethyl adjacent to an activating group) is 1. The maximum absolute atomic E-state index is 13.2. The molecule has 112 valence electrons. The molecule has 1 aromatic heterocycles. The van der Waals surface area contributed by atoms with E-state index in [2.05, 4.69) is 5.32 Å². The average Bonchev–Trinajstić information content (AvgIpc) is 2.79. The minimum atomic E-state index is -0.363. The molecule has 2 rings (SSSR count). The Labute approximate surface area is 132 Å². The molecule has 1 aromatic carbocycles. The number of nitrogens with one attached hydrogen (secondary N) is 1. The summed E-state index contributed by atoms with van der Waals surface area (Å²) in [6, 6.07) is 8.12. The summed E-state index contributed by atoms with van der Waals surface area (Å²) in [4.78, 5) is 15.0. The van der Waals surface area contributed by atoms with E-state index in [1.807, 2.05) is 31.0 Å². The molecule has 1 amide bonds. The Morgan fingerprint density at radius 2 is 2.14 bits per heavy atom. The molecule has 0 saturated carbocycles. The summed E-state index contributed by atoms with van der Waals surface area (Å²) in [7, 11) is 1.85. The minimum Gasteiger partial charge on any atom is -0.325 e. The Kier molecular flexibility index (Phi) is 5.33. The highest BCUT2D eigenvalue weighted by Crippen LogP contribution is 2.22. The first-order chi connectivity index (χ1) is 9.94. The average molecular weight is 327 g/mol. The molecule has 0 spiro atoms. The molecule has 0 aliphatic rings. The number of aryl methyl sites for hydroxylation is 1. The van der Waals surface area contributed by atoms with Crippen LogP contribution in [0.1, 0.15) is 10.4 Å². The molecule has 0 bridgehead atoms. The van der Waals surface area contributed by atoms with E-state index in [0.717, 1.165) is 14.8 Å². The van der Waals surface area contributed by atoms with Crippen LogP contribution in [0.25, 0.3) is 0 Å². The highest BCUT2D eigenvalue weighted by Gasteiger charge is 2.10. The van der Waals surface area contributed by atoms with E-state index in [1.54, 1.807) is 6.07 Å². The Bertz CT molecular complexity index is 644. The number of benzene rings is 1. The molecule has 0 saturated heterocycles. The van der Waals surface area contributed by atoms with E-state index < -0.39 is 0 Å². The molecule has 0 aliphatic heterocycles. The van der Waals surface area contributed by atoms with Gasteiger partial charge >= 0.3 is 0 Å². The van der Waals surface area contributed by atoms with Crippen molar-refractivity contribution >= 4 is 34.5 Å². The van der Waals surface area contributed by atoms with Gasteiger partial charge in [0.1, 0.15) is 5.82 Å². The molecule has 21 heavy (non-hydrogen) atoms. The van der Waals surface area contributed by atoms with Crippen LogP contribution < -0.4 is 5.32 Å². The molecular formula is C15H16ClFN2OS. The molecule has 0 fully saturated rings. The number of nitrogens with zero attached hydrogens (tertiary/aromatic N) is 1. The fraction of sp³-hybridized carbons (Fsp3) is 0.267.